The van der Waals surface area contributed by atoms with Gasteiger partial charge in [0.1, 0.15) is 6.04 Å². The van der Waals surface area contributed by atoms with Gasteiger partial charge in [0.2, 0.25) is 11.8 Å². The van der Waals surface area contributed by atoms with Crippen molar-refractivity contribution in [2.45, 2.75) is 32.4 Å². The molecule has 0 aliphatic carbocycles. The van der Waals surface area contributed by atoms with Crippen LogP contribution in [0, 0.1) is 5.92 Å². The molecule has 0 radical (unpaired) electrons. The van der Waals surface area contributed by atoms with E-state index in [0.717, 1.165) is 11.1 Å². The van der Waals surface area contributed by atoms with Gasteiger partial charge in [-0.3, -0.25) is 9.59 Å². The molecular weight excluding hydrogens is 386 g/mol. The minimum Gasteiger partial charge on any atom is -0.352 e. The third kappa shape index (κ3) is 6.87. The Bertz CT molecular complexity index is 809. The van der Waals surface area contributed by atoms with E-state index in [1.54, 1.807) is 0 Å². The van der Waals surface area contributed by atoms with Crippen LogP contribution in [-0.4, -0.2) is 43.4 Å². The minimum atomic E-state index is -0.597. The average molecular weight is 416 g/mol. The highest BCUT2D eigenvalue weighted by Gasteiger charge is 2.26. The molecule has 2 rings (SSSR count). The maximum absolute atomic E-state index is 12.8. The second-order valence-corrected chi connectivity index (χ2v) is 8.10. The zero-order valence-electron chi connectivity index (χ0n) is 17.5. The molecule has 6 heteroatoms. The molecule has 0 aromatic heterocycles. The number of amides is 2. The van der Waals surface area contributed by atoms with Gasteiger partial charge in [-0.15, -0.1) is 0 Å². The Balaban J connectivity index is 2.01. The zero-order chi connectivity index (χ0) is 21.4. The third-order valence-corrected chi connectivity index (χ3v) is 5.17. The van der Waals surface area contributed by atoms with Crippen LogP contribution in [0.25, 0.3) is 0 Å². The topological polar surface area (TPSA) is 61.4 Å². The monoisotopic (exact) mass is 415 g/mol. The Hall–Kier alpha value is -2.37. The van der Waals surface area contributed by atoms with Crippen LogP contribution in [-0.2, 0) is 16.0 Å². The molecule has 0 aliphatic heterocycles. The quantitative estimate of drug-likeness (QED) is 0.659. The van der Waals surface area contributed by atoms with E-state index >= 15 is 0 Å². The van der Waals surface area contributed by atoms with Crippen molar-refractivity contribution in [3.8, 4) is 0 Å². The van der Waals surface area contributed by atoms with Crippen LogP contribution in [0.15, 0.2) is 54.6 Å². The van der Waals surface area contributed by atoms with Crippen molar-refractivity contribution in [1.82, 2.24) is 15.5 Å². The fourth-order valence-corrected chi connectivity index (χ4v) is 3.43. The van der Waals surface area contributed by atoms with Crippen molar-refractivity contribution in [1.29, 1.82) is 0 Å². The van der Waals surface area contributed by atoms with Crippen LogP contribution < -0.4 is 10.6 Å². The third-order valence-electron chi connectivity index (χ3n) is 4.83. The Morgan fingerprint density at radius 2 is 1.62 bits per heavy atom. The summed E-state index contributed by atoms with van der Waals surface area (Å²) in [5, 5.41) is 6.53. The Morgan fingerprint density at radius 1 is 1.00 bits per heavy atom. The fourth-order valence-electron chi connectivity index (χ4n) is 3.16. The largest absolute Gasteiger partial charge is 0.352 e. The number of rotatable bonds is 9. The molecule has 0 spiro atoms. The number of hydrogen-bond donors (Lipinski definition) is 2. The van der Waals surface area contributed by atoms with Gasteiger partial charge in [0, 0.05) is 11.6 Å². The first-order chi connectivity index (χ1) is 13.8. The lowest BCUT2D eigenvalue weighted by atomic mass is 10.0. The van der Waals surface area contributed by atoms with Gasteiger partial charge in [-0.1, -0.05) is 74.0 Å². The summed E-state index contributed by atoms with van der Waals surface area (Å²) in [5.41, 5.74) is 1.87. The maximum Gasteiger partial charge on any atom is 0.242 e. The van der Waals surface area contributed by atoms with Crippen LogP contribution >= 0.6 is 11.6 Å². The van der Waals surface area contributed by atoms with Crippen molar-refractivity contribution >= 4 is 23.4 Å². The normalized spacial score (nSPS) is 13.2. The van der Waals surface area contributed by atoms with Crippen molar-refractivity contribution in [2.75, 3.05) is 20.6 Å². The number of nitrogens with zero attached hydrogens (tertiary/aromatic N) is 1. The van der Waals surface area contributed by atoms with Gasteiger partial charge in [0.15, 0.2) is 0 Å². The zero-order valence-corrected chi connectivity index (χ0v) is 18.2. The highest BCUT2D eigenvalue weighted by atomic mass is 35.5. The van der Waals surface area contributed by atoms with E-state index in [-0.39, 0.29) is 30.2 Å². The first-order valence-electron chi connectivity index (χ1n) is 9.81. The Labute approximate surface area is 178 Å². The first-order valence-corrected chi connectivity index (χ1v) is 10.2. The summed E-state index contributed by atoms with van der Waals surface area (Å²) in [7, 11) is 3.89. The second kappa shape index (κ2) is 11.0. The number of halogens is 1. The molecule has 0 saturated heterocycles. The molecule has 2 aromatic carbocycles. The van der Waals surface area contributed by atoms with E-state index in [0.29, 0.717) is 11.6 Å². The molecule has 0 fully saturated rings. The molecule has 0 bridgehead atoms. The van der Waals surface area contributed by atoms with Crippen LogP contribution in [0.3, 0.4) is 0 Å². The van der Waals surface area contributed by atoms with Crippen molar-refractivity contribution in [2.24, 2.45) is 5.92 Å². The van der Waals surface area contributed by atoms with E-state index in [4.69, 9.17) is 11.6 Å². The molecule has 156 valence electrons. The minimum absolute atomic E-state index is 0.0344. The van der Waals surface area contributed by atoms with Crippen LogP contribution in [0.1, 0.15) is 31.0 Å². The van der Waals surface area contributed by atoms with E-state index in [1.165, 1.54) is 0 Å². The lowest BCUT2D eigenvalue weighted by Gasteiger charge is -2.28. The molecule has 2 unspecified atom stereocenters. The van der Waals surface area contributed by atoms with Crippen molar-refractivity contribution in [3.63, 3.8) is 0 Å². The molecule has 2 amide bonds. The molecule has 2 aromatic rings. The SMILES string of the molecule is CC(C)C(NC(=O)Cc1ccccc1)C(=O)NCC(c1ccccc1Cl)N(C)C. The van der Waals surface area contributed by atoms with E-state index < -0.39 is 6.04 Å². The summed E-state index contributed by atoms with van der Waals surface area (Å²) in [6.45, 7) is 4.24. The molecule has 29 heavy (non-hydrogen) atoms. The van der Waals surface area contributed by atoms with Crippen LogP contribution in [0.4, 0.5) is 0 Å². The summed E-state index contributed by atoms with van der Waals surface area (Å²) in [5.74, 6) is -0.395. The molecular formula is C23H30ClN3O2. The van der Waals surface area contributed by atoms with Gasteiger partial charge in [-0.2, -0.15) is 0 Å². The maximum atomic E-state index is 12.8. The number of carbonyl (C=O) groups excluding carboxylic acids is 2. The van der Waals surface area contributed by atoms with Gasteiger partial charge >= 0.3 is 0 Å². The van der Waals surface area contributed by atoms with Gasteiger partial charge in [-0.25, -0.2) is 0 Å². The molecule has 0 aliphatic rings. The highest BCUT2D eigenvalue weighted by Crippen LogP contribution is 2.25. The van der Waals surface area contributed by atoms with Crippen LogP contribution in [0.2, 0.25) is 5.02 Å². The van der Waals surface area contributed by atoms with Crippen LogP contribution in [0.5, 0.6) is 0 Å². The van der Waals surface area contributed by atoms with Gasteiger partial charge in [0.25, 0.3) is 0 Å². The molecule has 2 atom stereocenters. The van der Waals surface area contributed by atoms with Gasteiger partial charge in [-0.05, 0) is 37.2 Å². The average Bonchev–Trinajstić information content (AvgIpc) is 2.67. The van der Waals surface area contributed by atoms with Gasteiger partial charge < -0.3 is 15.5 Å². The molecule has 2 N–H and O–H groups in total. The predicted octanol–water partition coefficient (Wildman–Crippen LogP) is 3.44. The first kappa shape index (κ1) is 22.9. The Kier molecular flexibility index (Phi) is 8.68. The smallest absolute Gasteiger partial charge is 0.242 e. The summed E-state index contributed by atoms with van der Waals surface area (Å²) in [6, 6.07) is 16.4. The van der Waals surface area contributed by atoms with Gasteiger partial charge in [0.05, 0.1) is 12.5 Å². The second-order valence-electron chi connectivity index (χ2n) is 7.70. The Morgan fingerprint density at radius 3 is 2.21 bits per heavy atom. The predicted molar refractivity (Wildman–Crippen MR) is 118 cm³/mol. The lowest BCUT2D eigenvalue weighted by Crippen LogP contribution is -2.51. The fraction of sp³-hybridized carbons (Fsp3) is 0.391. The van der Waals surface area contributed by atoms with Crippen molar-refractivity contribution < 1.29 is 9.59 Å². The standard InChI is InChI=1S/C23H30ClN3O2/c1-16(2)22(26-21(28)14-17-10-6-5-7-11-17)23(29)25-15-20(27(3)4)18-12-8-9-13-19(18)24/h5-13,16,20,22H,14-15H2,1-4H3,(H,25,29)(H,26,28). The van der Waals surface area contributed by atoms with E-state index in [9.17, 15) is 9.59 Å². The molecule has 0 saturated carbocycles. The number of likely N-dealkylation sites (N-methyl/N-ethyl adjacent to an activating group) is 1. The summed E-state index contributed by atoms with van der Waals surface area (Å²) < 4.78 is 0. The summed E-state index contributed by atoms with van der Waals surface area (Å²) >= 11 is 6.34. The highest BCUT2D eigenvalue weighted by molar-refractivity contribution is 6.31. The number of nitrogens with one attached hydrogen (secondary N) is 2. The number of benzene rings is 2. The van der Waals surface area contributed by atoms with E-state index in [2.05, 4.69) is 10.6 Å². The van der Waals surface area contributed by atoms with Crippen molar-refractivity contribution in [3.05, 3.63) is 70.7 Å². The van der Waals surface area contributed by atoms with E-state index in [1.807, 2.05) is 87.4 Å². The lowest BCUT2D eigenvalue weighted by molar-refractivity contribution is -0.129. The molecule has 0 heterocycles. The number of hydrogen-bond acceptors (Lipinski definition) is 3. The summed E-state index contributed by atoms with van der Waals surface area (Å²) in [6.07, 6.45) is 0.247. The summed E-state index contributed by atoms with van der Waals surface area (Å²) in [4.78, 5) is 27.3. The number of carbonyl (C=O) groups is 2. The molecule has 5 nitrogen and oxygen atoms in total.